The minimum absolute atomic E-state index is 0.0442. The predicted molar refractivity (Wildman–Crippen MR) is 68.4 cm³/mol. The molecule has 2 rings (SSSR count). The van der Waals surface area contributed by atoms with Gasteiger partial charge in [0.25, 0.3) is 10.0 Å². The van der Waals surface area contributed by atoms with Gasteiger partial charge in [-0.05, 0) is 32.6 Å². The van der Waals surface area contributed by atoms with Gasteiger partial charge in [-0.15, -0.1) is 0 Å². The molecule has 1 saturated carbocycles. The number of aromatic nitrogens is 1. The molecule has 1 heterocycles. The fourth-order valence-corrected chi connectivity index (χ4v) is 4.75. The van der Waals surface area contributed by atoms with Crippen molar-refractivity contribution in [2.24, 2.45) is 5.92 Å². The molecule has 7 heteroatoms. The van der Waals surface area contributed by atoms with Gasteiger partial charge in [0.2, 0.25) is 0 Å². The Morgan fingerprint density at radius 2 is 2.12 bits per heavy atom. The Kier molecular flexibility index (Phi) is 3.17. The first-order chi connectivity index (χ1) is 7.84. The Balaban J connectivity index is 2.32. The van der Waals surface area contributed by atoms with Crippen molar-refractivity contribution in [3.8, 4) is 0 Å². The Morgan fingerprint density at radius 3 is 2.53 bits per heavy atom. The summed E-state index contributed by atoms with van der Waals surface area (Å²) in [4.78, 5) is 3.97. The van der Waals surface area contributed by atoms with Crippen LogP contribution < -0.4 is 5.73 Å². The quantitative estimate of drug-likeness (QED) is 0.902. The zero-order valence-corrected chi connectivity index (χ0v) is 11.8. The molecule has 0 aromatic carbocycles. The molecule has 5 nitrogen and oxygen atoms in total. The second-order valence-electron chi connectivity index (χ2n) is 4.52. The normalized spacial score (nSPS) is 18.6. The fourth-order valence-electron chi connectivity index (χ4n) is 1.87. The average molecular weight is 275 g/mol. The Labute approximate surface area is 106 Å². The highest BCUT2D eigenvalue weighted by molar-refractivity contribution is 7.91. The van der Waals surface area contributed by atoms with E-state index >= 15 is 0 Å². The smallest absolute Gasteiger partial charge is 0.254 e. The van der Waals surface area contributed by atoms with E-state index in [4.69, 9.17) is 5.73 Å². The summed E-state index contributed by atoms with van der Waals surface area (Å²) in [5, 5.41) is 0.300. The maximum Gasteiger partial charge on any atom is 0.254 e. The number of hydrogen-bond acceptors (Lipinski definition) is 5. The minimum atomic E-state index is -3.44. The van der Waals surface area contributed by atoms with Crippen LogP contribution in [0.5, 0.6) is 0 Å². The summed E-state index contributed by atoms with van der Waals surface area (Å²) in [6, 6.07) is 0.0442. The van der Waals surface area contributed by atoms with E-state index in [-0.39, 0.29) is 10.3 Å². The fraction of sp³-hybridized carbons (Fsp3) is 0.700. The lowest BCUT2D eigenvalue weighted by Gasteiger charge is -2.23. The highest BCUT2D eigenvalue weighted by Crippen LogP contribution is 2.37. The van der Waals surface area contributed by atoms with E-state index in [0.29, 0.717) is 16.7 Å². The van der Waals surface area contributed by atoms with E-state index in [2.05, 4.69) is 4.98 Å². The van der Waals surface area contributed by atoms with Crippen molar-refractivity contribution in [1.29, 1.82) is 0 Å². The zero-order valence-electron chi connectivity index (χ0n) is 10.2. The number of aryl methyl sites for hydroxylation is 1. The van der Waals surface area contributed by atoms with Crippen molar-refractivity contribution in [1.82, 2.24) is 9.29 Å². The molecule has 1 aliphatic rings. The van der Waals surface area contributed by atoms with Crippen molar-refractivity contribution in [3.05, 3.63) is 5.69 Å². The molecule has 1 fully saturated rings. The van der Waals surface area contributed by atoms with Gasteiger partial charge in [-0.1, -0.05) is 11.3 Å². The molecular formula is C10H17N3O2S2. The number of rotatable bonds is 4. The third kappa shape index (κ3) is 2.31. The van der Waals surface area contributed by atoms with Crippen LogP contribution in [0.4, 0.5) is 5.13 Å². The van der Waals surface area contributed by atoms with Gasteiger partial charge in [0.15, 0.2) is 9.34 Å². The number of nitrogen functional groups attached to an aromatic ring is 1. The van der Waals surface area contributed by atoms with Crippen LogP contribution in [0.25, 0.3) is 0 Å². The van der Waals surface area contributed by atoms with Crippen LogP contribution in [0.2, 0.25) is 0 Å². The van der Waals surface area contributed by atoms with Crippen LogP contribution in [-0.2, 0) is 10.0 Å². The van der Waals surface area contributed by atoms with Crippen LogP contribution in [-0.4, -0.2) is 30.8 Å². The second kappa shape index (κ2) is 4.22. The van der Waals surface area contributed by atoms with Crippen molar-refractivity contribution < 1.29 is 8.42 Å². The van der Waals surface area contributed by atoms with Crippen molar-refractivity contribution in [2.75, 3.05) is 12.8 Å². The lowest BCUT2D eigenvalue weighted by Crippen LogP contribution is -2.36. The molecule has 1 aliphatic carbocycles. The number of nitrogens with two attached hydrogens (primary N) is 1. The predicted octanol–water partition coefficient (Wildman–Crippen LogP) is 1.45. The maximum absolute atomic E-state index is 12.4. The molecule has 2 N–H and O–H groups in total. The molecule has 0 aliphatic heterocycles. The molecule has 1 unspecified atom stereocenters. The van der Waals surface area contributed by atoms with Gasteiger partial charge in [0, 0.05) is 13.1 Å². The molecule has 0 bridgehead atoms. The van der Waals surface area contributed by atoms with E-state index < -0.39 is 10.0 Å². The summed E-state index contributed by atoms with van der Waals surface area (Å²) in [7, 11) is -1.81. The molecule has 17 heavy (non-hydrogen) atoms. The third-order valence-corrected chi connectivity index (χ3v) is 6.78. The molecule has 0 spiro atoms. The largest absolute Gasteiger partial charge is 0.375 e. The van der Waals surface area contributed by atoms with Gasteiger partial charge in [0.05, 0.1) is 5.69 Å². The molecule has 0 saturated heterocycles. The zero-order chi connectivity index (χ0) is 12.8. The molecule has 96 valence electrons. The summed E-state index contributed by atoms with van der Waals surface area (Å²) in [5.41, 5.74) is 6.04. The first-order valence-electron chi connectivity index (χ1n) is 5.55. The van der Waals surface area contributed by atoms with Gasteiger partial charge < -0.3 is 5.73 Å². The summed E-state index contributed by atoms with van der Waals surface area (Å²) < 4.78 is 26.5. The van der Waals surface area contributed by atoms with Crippen molar-refractivity contribution in [2.45, 2.75) is 36.9 Å². The van der Waals surface area contributed by atoms with Crippen LogP contribution in [0.15, 0.2) is 4.21 Å². The Bertz CT molecular complexity index is 520. The van der Waals surface area contributed by atoms with Crippen molar-refractivity contribution in [3.63, 3.8) is 0 Å². The number of thiazole rings is 1. The van der Waals surface area contributed by atoms with Crippen LogP contribution >= 0.6 is 11.3 Å². The number of sulfonamides is 1. The number of hydrogen-bond donors (Lipinski definition) is 1. The highest BCUT2D eigenvalue weighted by Gasteiger charge is 2.37. The van der Waals surface area contributed by atoms with Gasteiger partial charge >= 0.3 is 0 Å². The SMILES string of the molecule is Cc1nc(N)sc1S(=O)(=O)N(C)C(C)C1CC1. The van der Waals surface area contributed by atoms with E-state index in [9.17, 15) is 8.42 Å². The second-order valence-corrected chi connectivity index (χ2v) is 7.75. The van der Waals surface area contributed by atoms with Crippen LogP contribution in [0, 0.1) is 12.8 Å². The molecule has 1 atom stereocenters. The van der Waals surface area contributed by atoms with E-state index in [0.717, 1.165) is 24.2 Å². The monoisotopic (exact) mass is 275 g/mol. The Morgan fingerprint density at radius 1 is 1.53 bits per heavy atom. The summed E-state index contributed by atoms with van der Waals surface area (Å²) >= 11 is 1.04. The van der Waals surface area contributed by atoms with Gasteiger partial charge in [-0.25, -0.2) is 13.4 Å². The minimum Gasteiger partial charge on any atom is -0.375 e. The summed E-state index contributed by atoms with van der Waals surface area (Å²) in [6.07, 6.45) is 2.23. The van der Waals surface area contributed by atoms with Crippen LogP contribution in [0.3, 0.4) is 0 Å². The first-order valence-corrected chi connectivity index (χ1v) is 7.80. The molecular weight excluding hydrogens is 258 g/mol. The lowest BCUT2D eigenvalue weighted by atomic mass is 10.2. The topological polar surface area (TPSA) is 76.3 Å². The van der Waals surface area contributed by atoms with E-state index in [1.165, 1.54) is 4.31 Å². The third-order valence-electron chi connectivity index (χ3n) is 3.26. The molecule has 0 amide bonds. The maximum atomic E-state index is 12.4. The number of anilines is 1. The van der Waals surface area contributed by atoms with E-state index in [1.54, 1.807) is 14.0 Å². The highest BCUT2D eigenvalue weighted by atomic mass is 32.2. The Hall–Kier alpha value is -0.660. The van der Waals surface area contributed by atoms with Gasteiger partial charge in [-0.3, -0.25) is 0 Å². The van der Waals surface area contributed by atoms with Crippen LogP contribution in [0.1, 0.15) is 25.5 Å². The molecule has 1 aromatic heterocycles. The standard InChI is InChI=1S/C10H17N3O2S2/c1-6-9(16-10(11)12-6)17(14,15)13(3)7(2)8-4-5-8/h7-8H,4-5H2,1-3H3,(H2,11,12). The van der Waals surface area contributed by atoms with Gasteiger partial charge in [-0.2, -0.15) is 4.31 Å². The van der Waals surface area contributed by atoms with E-state index in [1.807, 2.05) is 6.92 Å². The van der Waals surface area contributed by atoms with Crippen molar-refractivity contribution >= 4 is 26.5 Å². The summed E-state index contributed by atoms with van der Waals surface area (Å²) in [5.74, 6) is 0.500. The average Bonchev–Trinajstić information content (AvgIpc) is 3.02. The van der Waals surface area contributed by atoms with Gasteiger partial charge in [0.1, 0.15) is 0 Å². The lowest BCUT2D eigenvalue weighted by molar-refractivity contribution is 0.357. The molecule has 1 aromatic rings. The first kappa shape index (κ1) is 12.8. The molecule has 0 radical (unpaired) electrons. The summed E-state index contributed by atoms with van der Waals surface area (Å²) in [6.45, 7) is 3.63. The number of nitrogens with zero attached hydrogens (tertiary/aromatic N) is 2.